The Morgan fingerprint density at radius 2 is 2.40 bits per heavy atom. The highest BCUT2D eigenvalue weighted by Gasteiger charge is 2.28. The maximum absolute atomic E-state index is 11.7. The molecule has 6 nitrogen and oxygen atoms in total. The Kier molecular flexibility index (Phi) is 2.68. The zero-order chi connectivity index (χ0) is 10.8. The maximum atomic E-state index is 11.7. The van der Waals surface area contributed by atoms with Crippen molar-refractivity contribution in [2.75, 3.05) is 20.2 Å². The molecule has 0 spiro atoms. The van der Waals surface area contributed by atoms with E-state index in [1.807, 2.05) is 0 Å². The summed E-state index contributed by atoms with van der Waals surface area (Å²) in [4.78, 5) is 17.2. The third-order valence-corrected chi connectivity index (χ3v) is 2.44. The van der Waals surface area contributed by atoms with Crippen LogP contribution in [-0.2, 0) is 0 Å². The highest BCUT2D eigenvalue weighted by molar-refractivity contribution is 5.90. The second-order valence-corrected chi connectivity index (χ2v) is 3.77. The molecule has 1 aliphatic carbocycles. The van der Waals surface area contributed by atoms with E-state index in [0.717, 1.165) is 18.7 Å². The number of hydrogen-bond acceptors (Lipinski definition) is 4. The van der Waals surface area contributed by atoms with Crippen LogP contribution in [0.5, 0.6) is 0 Å². The molecule has 1 fully saturated rings. The van der Waals surface area contributed by atoms with Gasteiger partial charge in [0.15, 0.2) is 0 Å². The number of amides is 1. The van der Waals surface area contributed by atoms with E-state index in [-0.39, 0.29) is 18.3 Å². The van der Waals surface area contributed by atoms with E-state index < -0.39 is 0 Å². The number of nitrogens with one attached hydrogen (secondary N) is 1. The van der Waals surface area contributed by atoms with E-state index in [9.17, 15) is 4.79 Å². The topological polar surface area (TPSA) is 82.1 Å². The molecular weight excluding hydrogens is 196 g/mol. The van der Waals surface area contributed by atoms with Crippen molar-refractivity contribution < 1.29 is 9.90 Å². The first-order valence-electron chi connectivity index (χ1n) is 5.01. The molecule has 6 heteroatoms. The third kappa shape index (κ3) is 2.15. The van der Waals surface area contributed by atoms with Gasteiger partial charge in [-0.05, 0) is 12.8 Å². The maximum Gasteiger partial charge on any atom is 0.293 e. The van der Waals surface area contributed by atoms with Crippen molar-refractivity contribution in [1.29, 1.82) is 0 Å². The number of aliphatic hydroxyl groups excluding tert-OH is 1. The summed E-state index contributed by atoms with van der Waals surface area (Å²) in [6.45, 7) is 0.244. The Bertz CT molecular complexity index is 359. The first-order valence-corrected chi connectivity index (χ1v) is 5.01. The number of hydrogen-bond donors (Lipinski definition) is 2. The van der Waals surface area contributed by atoms with Gasteiger partial charge in [0.05, 0.1) is 6.61 Å². The largest absolute Gasteiger partial charge is 0.395 e. The van der Waals surface area contributed by atoms with Crippen LogP contribution in [-0.4, -0.2) is 51.3 Å². The minimum absolute atomic E-state index is 0.0534. The molecule has 0 aromatic carbocycles. The van der Waals surface area contributed by atoms with Crippen molar-refractivity contribution in [3.63, 3.8) is 0 Å². The second-order valence-electron chi connectivity index (χ2n) is 3.77. The van der Waals surface area contributed by atoms with Gasteiger partial charge in [0.25, 0.3) is 5.91 Å². The second kappa shape index (κ2) is 3.98. The molecule has 0 unspecified atom stereocenters. The highest BCUT2D eigenvalue weighted by atomic mass is 16.3. The molecule has 82 valence electrons. The smallest absolute Gasteiger partial charge is 0.293 e. The Hall–Kier alpha value is -1.43. The van der Waals surface area contributed by atoms with Crippen LogP contribution >= 0.6 is 0 Å². The van der Waals surface area contributed by atoms with Crippen LogP contribution in [0.2, 0.25) is 0 Å². The lowest BCUT2D eigenvalue weighted by atomic mass is 10.4. The Morgan fingerprint density at radius 3 is 3.00 bits per heavy atom. The van der Waals surface area contributed by atoms with Crippen molar-refractivity contribution in [3.8, 4) is 0 Å². The van der Waals surface area contributed by atoms with Gasteiger partial charge in [-0.1, -0.05) is 0 Å². The van der Waals surface area contributed by atoms with E-state index in [0.29, 0.717) is 12.5 Å². The number of nitrogens with zero attached hydrogens (tertiary/aromatic N) is 3. The number of carbonyl (C=O) groups is 1. The van der Waals surface area contributed by atoms with Gasteiger partial charge in [-0.3, -0.25) is 9.89 Å². The molecule has 1 heterocycles. The molecule has 15 heavy (non-hydrogen) atoms. The standard InChI is InChI=1S/C9H14N4O2/c1-13(4-5-14)9(15)8-10-7(11-12-8)6-2-3-6/h6,14H,2-5H2,1H3,(H,10,11,12). The molecule has 0 aliphatic heterocycles. The van der Waals surface area contributed by atoms with Crippen LogP contribution in [0.15, 0.2) is 0 Å². The molecule has 1 saturated carbocycles. The fourth-order valence-corrected chi connectivity index (χ4v) is 1.33. The molecular formula is C9H14N4O2. The van der Waals surface area contributed by atoms with Crippen LogP contribution in [0.25, 0.3) is 0 Å². The summed E-state index contributed by atoms with van der Waals surface area (Å²) in [6, 6.07) is 0. The van der Waals surface area contributed by atoms with Gasteiger partial charge in [0.1, 0.15) is 5.82 Å². The first-order chi connectivity index (χ1) is 7.22. The summed E-state index contributed by atoms with van der Waals surface area (Å²) < 4.78 is 0. The number of carbonyl (C=O) groups excluding carboxylic acids is 1. The fourth-order valence-electron chi connectivity index (χ4n) is 1.33. The number of likely N-dealkylation sites (N-methyl/N-ethyl adjacent to an activating group) is 1. The fraction of sp³-hybridized carbons (Fsp3) is 0.667. The molecule has 2 rings (SSSR count). The lowest BCUT2D eigenvalue weighted by Crippen LogP contribution is -2.30. The predicted octanol–water partition coefficient (Wildman–Crippen LogP) is -0.254. The quantitative estimate of drug-likeness (QED) is 0.717. The molecule has 0 radical (unpaired) electrons. The van der Waals surface area contributed by atoms with Gasteiger partial charge in [0, 0.05) is 19.5 Å². The molecule has 1 aromatic rings. The summed E-state index contributed by atoms with van der Waals surface area (Å²) in [7, 11) is 1.62. The van der Waals surface area contributed by atoms with Crippen LogP contribution in [0.1, 0.15) is 35.2 Å². The van der Waals surface area contributed by atoms with Gasteiger partial charge in [-0.25, -0.2) is 4.98 Å². The van der Waals surface area contributed by atoms with Gasteiger partial charge >= 0.3 is 0 Å². The zero-order valence-electron chi connectivity index (χ0n) is 8.60. The molecule has 1 amide bonds. The van der Waals surface area contributed by atoms with Gasteiger partial charge in [-0.2, -0.15) is 0 Å². The van der Waals surface area contributed by atoms with Gasteiger partial charge in [-0.15, -0.1) is 5.10 Å². The van der Waals surface area contributed by atoms with E-state index in [1.165, 1.54) is 4.90 Å². The summed E-state index contributed by atoms with van der Waals surface area (Å²) in [5.74, 6) is 1.19. The monoisotopic (exact) mass is 210 g/mol. The minimum Gasteiger partial charge on any atom is -0.395 e. The molecule has 0 bridgehead atoms. The summed E-state index contributed by atoms with van der Waals surface area (Å²) in [6.07, 6.45) is 2.24. The third-order valence-electron chi connectivity index (χ3n) is 2.44. The number of aromatic nitrogens is 3. The molecule has 0 saturated heterocycles. The Morgan fingerprint density at radius 1 is 1.67 bits per heavy atom. The number of aliphatic hydroxyl groups is 1. The number of H-pyrrole nitrogens is 1. The Balaban J connectivity index is 2.04. The van der Waals surface area contributed by atoms with Crippen LogP contribution in [0.3, 0.4) is 0 Å². The van der Waals surface area contributed by atoms with E-state index >= 15 is 0 Å². The minimum atomic E-state index is -0.257. The lowest BCUT2D eigenvalue weighted by Gasteiger charge is -2.12. The van der Waals surface area contributed by atoms with E-state index in [2.05, 4.69) is 15.2 Å². The number of rotatable bonds is 4. The molecule has 1 aromatic heterocycles. The van der Waals surface area contributed by atoms with E-state index in [4.69, 9.17) is 5.11 Å². The molecule has 2 N–H and O–H groups in total. The predicted molar refractivity (Wildman–Crippen MR) is 52.4 cm³/mol. The van der Waals surface area contributed by atoms with Crippen LogP contribution < -0.4 is 0 Å². The SMILES string of the molecule is CN(CCO)C(=O)c1n[nH]c(C2CC2)n1. The van der Waals surface area contributed by atoms with E-state index in [1.54, 1.807) is 7.05 Å². The lowest BCUT2D eigenvalue weighted by molar-refractivity contribution is 0.0755. The van der Waals surface area contributed by atoms with Crippen LogP contribution in [0.4, 0.5) is 0 Å². The normalized spacial score (nSPS) is 15.3. The summed E-state index contributed by atoms with van der Waals surface area (Å²) >= 11 is 0. The molecule has 1 aliphatic rings. The van der Waals surface area contributed by atoms with Crippen molar-refractivity contribution in [2.24, 2.45) is 0 Å². The summed E-state index contributed by atoms with van der Waals surface area (Å²) in [5, 5.41) is 15.3. The van der Waals surface area contributed by atoms with Crippen molar-refractivity contribution in [2.45, 2.75) is 18.8 Å². The average Bonchev–Trinajstić information content (AvgIpc) is 2.96. The van der Waals surface area contributed by atoms with Crippen LogP contribution in [0, 0.1) is 0 Å². The van der Waals surface area contributed by atoms with Crippen molar-refractivity contribution in [1.82, 2.24) is 20.1 Å². The average molecular weight is 210 g/mol. The highest BCUT2D eigenvalue weighted by Crippen LogP contribution is 2.37. The molecule has 0 atom stereocenters. The first kappa shape index (κ1) is 10.1. The Labute approximate surface area is 87.3 Å². The van der Waals surface area contributed by atoms with Gasteiger partial charge < -0.3 is 10.0 Å². The summed E-state index contributed by atoms with van der Waals surface area (Å²) in [5.41, 5.74) is 0. The number of aromatic amines is 1. The van der Waals surface area contributed by atoms with Crippen molar-refractivity contribution in [3.05, 3.63) is 11.6 Å². The van der Waals surface area contributed by atoms with Crippen molar-refractivity contribution >= 4 is 5.91 Å². The van der Waals surface area contributed by atoms with Gasteiger partial charge in [0.2, 0.25) is 5.82 Å². The zero-order valence-corrected chi connectivity index (χ0v) is 8.60.